The Morgan fingerprint density at radius 1 is 0.967 bits per heavy atom. The quantitative estimate of drug-likeness (QED) is 0.0724. The van der Waals surface area contributed by atoms with E-state index in [1.165, 1.54) is 37.7 Å². The normalized spacial score (nSPS) is 14.8. The van der Waals surface area contributed by atoms with Gasteiger partial charge in [-0.05, 0) is 60.4 Å². The highest BCUT2D eigenvalue weighted by atomic mass is 16.5. The number of phenolic OH excluding ortho intramolecular Hbond substituents is 2. The standard InChI is InChI=1S/C41H46N12O7/c1-23(2)28-19-29(31(55)20-30(28)54)35(42)53(40(44)58)26-7-5-24(6-8-26)38(57)51-16-14-50(15-17-51)12-4-18-60-32-10-9-27-33(34(32)59-3)48-41(52-13-11-45-36(27)52)49-37(56)25-21-46-39(43)47-22-25/h5-10,19-23,42,54-55H,4,11-18H2,1-3H3,(H2,44,58)(H2,43,46,47)(H,48,49,56). The molecule has 0 radical (unpaired) electrons. The number of nitrogen functional groups attached to an aromatic ring is 1. The third-order valence-corrected chi connectivity index (χ3v) is 10.4. The Bertz CT molecular complexity index is 2380. The number of aromatic nitrogens is 2. The van der Waals surface area contributed by atoms with Crippen molar-refractivity contribution >= 4 is 52.8 Å². The van der Waals surface area contributed by atoms with Crippen molar-refractivity contribution in [3.05, 3.63) is 88.7 Å². The van der Waals surface area contributed by atoms with Crippen LogP contribution in [-0.2, 0) is 0 Å². The number of benzene rings is 3. The van der Waals surface area contributed by atoms with Gasteiger partial charge in [-0.1, -0.05) is 13.8 Å². The largest absolute Gasteiger partial charge is 0.508 e. The summed E-state index contributed by atoms with van der Waals surface area (Å²) >= 11 is 0. The van der Waals surface area contributed by atoms with Gasteiger partial charge in [-0.15, -0.1) is 0 Å². The van der Waals surface area contributed by atoms with Crippen LogP contribution in [0.25, 0.3) is 0 Å². The Labute approximate surface area is 345 Å². The maximum atomic E-state index is 13.5. The van der Waals surface area contributed by atoms with Gasteiger partial charge < -0.3 is 36.1 Å². The first kappa shape index (κ1) is 40.9. The van der Waals surface area contributed by atoms with Crippen LogP contribution in [0.1, 0.15) is 63.6 Å². The van der Waals surface area contributed by atoms with E-state index >= 15 is 0 Å². The van der Waals surface area contributed by atoms with Crippen LogP contribution in [0, 0.1) is 5.41 Å². The highest BCUT2D eigenvalue weighted by Crippen LogP contribution is 2.43. The van der Waals surface area contributed by atoms with Crippen molar-refractivity contribution in [2.75, 3.05) is 70.2 Å². The van der Waals surface area contributed by atoms with E-state index in [2.05, 4.69) is 25.2 Å². The zero-order valence-corrected chi connectivity index (χ0v) is 33.4. The summed E-state index contributed by atoms with van der Waals surface area (Å²) in [5.74, 6) is 0.352. The van der Waals surface area contributed by atoms with Gasteiger partial charge in [0.25, 0.3) is 11.8 Å². The van der Waals surface area contributed by atoms with Gasteiger partial charge in [-0.2, -0.15) is 0 Å². The number of carbonyl (C=O) groups excluding carboxylic acids is 3. The number of amidine groups is 2. The molecule has 0 aliphatic carbocycles. The molecule has 1 aromatic heterocycles. The summed E-state index contributed by atoms with van der Waals surface area (Å²) in [7, 11) is 1.54. The van der Waals surface area contributed by atoms with Crippen molar-refractivity contribution in [2.24, 2.45) is 15.7 Å². The van der Waals surface area contributed by atoms with Crippen LogP contribution in [-0.4, -0.2) is 130 Å². The molecule has 0 atom stereocenters. The topological polar surface area (TPSA) is 262 Å². The lowest BCUT2D eigenvalue weighted by Gasteiger charge is -2.34. The van der Waals surface area contributed by atoms with Crippen molar-refractivity contribution in [3.63, 3.8) is 0 Å². The van der Waals surface area contributed by atoms with E-state index in [9.17, 15) is 24.6 Å². The molecule has 4 aromatic rings. The predicted octanol–water partition coefficient (Wildman–Crippen LogP) is 3.23. The number of anilines is 2. The molecule has 1 saturated heterocycles. The number of hydrogen-bond acceptors (Lipinski definition) is 15. The zero-order valence-electron chi connectivity index (χ0n) is 33.4. The van der Waals surface area contributed by atoms with E-state index < -0.39 is 11.9 Å². The fraction of sp³-hybridized carbons (Fsp3) is 0.317. The van der Waals surface area contributed by atoms with Crippen molar-refractivity contribution in [1.29, 1.82) is 5.41 Å². The van der Waals surface area contributed by atoms with E-state index in [0.29, 0.717) is 92.4 Å². The Morgan fingerprint density at radius 2 is 1.68 bits per heavy atom. The molecule has 1 fully saturated rings. The van der Waals surface area contributed by atoms with Gasteiger partial charge in [0.2, 0.25) is 11.9 Å². The van der Waals surface area contributed by atoms with Crippen LogP contribution in [0.15, 0.2) is 70.9 Å². The van der Waals surface area contributed by atoms with Crippen LogP contribution in [0.4, 0.5) is 22.1 Å². The van der Waals surface area contributed by atoms with Gasteiger partial charge in [0.05, 0.1) is 37.1 Å². The van der Waals surface area contributed by atoms with Crippen molar-refractivity contribution in [2.45, 2.75) is 26.2 Å². The van der Waals surface area contributed by atoms with Crippen LogP contribution < -0.4 is 31.2 Å². The molecule has 0 bridgehead atoms. The van der Waals surface area contributed by atoms with E-state index in [1.807, 2.05) is 30.9 Å². The Hall–Kier alpha value is -7.28. The first-order chi connectivity index (χ1) is 28.8. The molecule has 7 rings (SSSR count). The molecule has 4 amide bonds. The predicted molar refractivity (Wildman–Crippen MR) is 224 cm³/mol. The molecule has 3 aromatic carbocycles. The number of carbonyl (C=O) groups is 3. The summed E-state index contributed by atoms with van der Waals surface area (Å²) in [4.78, 5) is 63.0. The number of fused-ring (bicyclic) bond motifs is 3. The number of piperazine rings is 1. The summed E-state index contributed by atoms with van der Waals surface area (Å²) in [5.41, 5.74) is 13.9. The summed E-state index contributed by atoms with van der Waals surface area (Å²) in [6.45, 7) is 8.27. The van der Waals surface area contributed by atoms with E-state index in [1.54, 1.807) is 17.0 Å². The number of phenols is 2. The van der Waals surface area contributed by atoms with Gasteiger partial charge in [-0.25, -0.2) is 24.7 Å². The average Bonchev–Trinajstić information content (AvgIpc) is 3.73. The second-order valence-corrected chi connectivity index (χ2v) is 14.6. The molecule has 0 spiro atoms. The molecule has 0 saturated carbocycles. The number of primary amides is 1. The second-order valence-electron chi connectivity index (χ2n) is 14.6. The number of nitrogens with zero attached hydrogens (tertiary/aromatic N) is 8. The highest BCUT2D eigenvalue weighted by Gasteiger charge is 2.34. The van der Waals surface area contributed by atoms with E-state index in [4.69, 9.17) is 31.3 Å². The van der Waals surface area contributed by atoms with Gasteiger partial charge in [0.1, 0.15) is 28.9 Å². The van der Waals surface area contributed by atoms with Crippen molar-refractivity contribution in [3.8, 4) is 23.0 Å². The van der Waals surface area contributed by atoms with Crippen molar-refractivity contribution in [1.82, 2.24) is 30.0 Å². The summed E-state index contributed by atoms with van der Waals surface area (Å²) in [6.07, 6.45) is 3.39. The molecule has 0 unspecified atom stereocenters. The average molecular weight is 819 g/mol. The van der Waals surface area contributed by atoms with E-state index in [0.717, 1.165) is 23.1 Å². The number of aromatic hydroxyl groups is 2. The molecule has 60 heavy (non-hydrogen) atoms. The van der Waals surface area contributed by atoms with Crippen LogP contribution in [0.5, 0.6) is 23.0 Å². The Kier molecular flexibility index (Phi) is 11.8. The number of rotatable bonds is 11. The Morgan fingerprint density at radius 3 is 2.35 bits per heavy atom. The van der Waals surface area contributed by atoms with Gasteiger partial charge >= 0.3 is 6.03 Å². The maximum absolute atomic E-state index is 13.5. The smallest absolute Gasteiger partial charge is 0.325 e. The molecule has 19 nitrogen and oxygen atoms in total. The molecular formula is C41H46N12O7. The third-order valence-electron chi connectivity index (χ3n) is 10.4. The number of aliphatic imine (C=N–C) groups is 2. The summed E-state index contributed by atoms with van der Waals surface area (Å²) < 4.78 is 12.0. The van der Waals surface area contributed by atoms with Crippen LogP contribution in [0.3, 0.4) is 0 Å². The number of nitrogens with two attached hydrogens (primary N) is 2. The lowest BCUT2D eigenvalue weighted by atomic mass is 9.98. The second kappa shape index (κ2) is 17.3. The van der Waals surface area contributed by atoms with Gasteiger partial charge in [-0.3, -0.25) is 35.1 Å². The summed E-state index contributed by atoms with van der Waals surface area (Å²) in [5, 5.41) is 32.3. The van der Waals surface area contributed by atoms with Gasteiger partial charge in [0, 0.05) is 68.9 Å². The minimum absolute atomic E-state index is 0.0226. The van der Waals surface area contributed by atoms with Gasteiger partial charge in [0.15, 0.2) is 11.5 Å². The molecule has 3 aliphatic heterocycles. The molecule has 3 aliphatic rings. The SMILES string of the molecule is COc1c(OCCCN2CCN(C(=O)c3ccc(N(C(=N)c4cc(C(C)C)c(O)cc4O)C(N)=O)cc3)CC2)ccc2c1N=C(NC(=O)c1cnc(N)nc1)N1CCN=C21. The monoisotopic (exact) mass is 818 g/mol. The lowest BCUT2D eigenvalue weighted by Crippen LogP contribution is -2.49. The minimum Gasteiger partial charge on any atom is -0.508 e. The molecule has 312 valence electrons. The first-order valence-electron chi connectivity index (χ1n) is 19.3. The number of urea groups is 1. The first-order valence-corrected chi connectivity index (χ1v) is 19.3. The maximum Gasteiger partial charge on any atom is 0.325 e. The van der Waals surface area contributed by atoms with Crippen LogP contribution >= 0.6 is 0 Å². The fourth-order valence-corrected chi connectivity index (χ4v) is 7.24. The number of amides is 4. The number of nitrogens with one attached hydrogen (secondary N) is 2. The van der Waals surface area contributed by atoms with Crippen LogP contribution in [0.2, 0.25) is 0 Å². The van der Waals surface area contributed by atoms with E-state index in [-0.39, 0.29) is 51.9 Å². The number of guanidine groups is 1. The summed E-state index contributed by atoms with van der Waals surface area (Å²) in [6, 6.07) is 11.6. The zero-order chi connectivity index (χ0) is 42.7. The molecular weight excluding hydrogens is 773 g/mol. The molecule has 19 heteroatoms. The number of hydrogen-bond donors (Lipinski definition) is 6. The third kappa shape index (κ3) is 8.33. The minimum atomic E-state index is -0.949. The Balaban J connectivity index is 0.926. The van der Waals surface area contributed by atoms with Crippen molar-refractivity contribution < 1.29 is 34.1 Å². The fourth-order valence-electron chi connectivity index (χ4n) is 7.24. The molecule has 8 N–H and O–H groups in total. The molecule has 4 heterocycles. The highest BCUT2D eigenvalue weighted by molar-refractivity contribution is 6.22. The number of ether oxygens (including phenoxy) is 2. The lowest BCUT2D eigenvalue weighted by molar-refractivity contribution is 0.0630. The number of methoxy groups -OCH3 is 1.